The smallest absolute Gasteiger partial charge is 0.361 e. The number of rotatable bonds is 0. The van der Waals surface area contributed by atoms with Gasteiger partial charge in [-0.1, -0.05) is 0 Å². The quantitative estimate of drug-likeness (QED) is 0.713. The van der Waals surface area contributed by atoms with Crippen molar-refractivity contribution in [3.63, 3.8) is 0 Å². The van der Waals surface area contributed by atoms with Crippen LogP contribution in [0.2, 0.25) is 0 Å². The van der Waals surface area contributed by atoms with Crippen molar-refractivity contribution in [1.82, 2.24) is 4.98 Å². The molecule has 0 aliphatic rings. The van der Waals surface area contributed by atoms with Crippen LogP contribution in [0.15, 0.2) is 24.4 Å². The summed E-state index contributed by atoms with van der Waals surface area (Å²) in [5.74, 6) is 0. The van der Waals surface area contributed by atoms with Gasteiger partial charge in [-0.15, -0.1) is 0 Å². The summed E-state index contributed by atoms with van der Waals surface area (Å²) in [6.45, 7) is 0. The number of benzene rings is 1. The van der Waals surface area contributed by atoms with E-state index in [9.17, 15) is 13.2 Å². The van der Waals surface area contributed by atoms with Crippen LogP contribution in [0.5, 0.6) is 0 Å². The van der Waals surface area contributed by atoms with E-state index >= 15 is 0 Å². The molecule has 0 saturated heterocycles. The van der Waals surface area contributed by atoms with Gasteiger partial charge in [0.1, 0.15) is 0 Å². The van der Waals surface area contributed by atoms with Gasteiger partial charge >= 0.3 is 6.18 Å². The number of halogens is 3. The lowest BCUT2D eigenvalue weighted by molar-refractivity contribution is -0.137. The van der Waals surface area contributed by atoms with Crippen LogP contribution in [0.3, 0.4) is 0 Å². The van der Waals surface area contributed by atoms with E-state index in [-0.39, 0.29) is 5.56 Å². The van der Waals surface area contributed by atoms with Crippen LogP contribution >= 0.6 is 0 Å². The summed E-state index contributed by atoms with van der Waals surface area (Å²) in [6.07, 6.45) is -2.92. The van der Waals surface area contributed by atoms with Crippen LogP contribution in [0.25, 0.3) is 10.9 Å². The Kier molecular flexibility index (Phi) is 1.93. The summed E-state index contributed by atoms with van der Waals surface area (Å²) in [5.41, 5.74) is -0.462. The first-order chi connectivity index (χ1) is 7.02. The van der Waals surface area contributed by atoms with Crippen LogP contribution in [0, 0.1) is 11.3 Å². The molecule has 0 aliphatic carbocycles. The second-order valence-electron chi connectivity index (χ2n) is 3.07. The molecular weight excluding hydrogens is 205 g/mol. The van der Waals surface area contributed by atoms with E-state index in [1.807, 2.05) is 0 Å². The Bertz CT molecular complexity index is 546. The summed E-state index contributed by atoms with van der Waals surface area (Å²) in [4.78, 5) is 2.66. The van der Waals surface area contributed by atoms with Gasteiger partial charge in [-0.2, -0.15) is 18.4 Å². The molecule has 76 valence electrons. The highest BCUT2D eigenvalue weighted by Gasteiger charge is 2.31. The van der Waals surface area contributed by atoms with E-state index in [1.165, 1.54) is 6.20 Å². The fourth-order valence-corrected chi connectivity index (χ4v) is 1.42. The topological polar surface area (TPSA) is 39.6 Å². The van der Waals surface area contributed by atoms with Crippen molar-refractivity contribution in [2.45, 2.75) is 6.18 Å². The van der Waals surface area contributed by atoms with E-state index in [0.717, 1.165) is 12.1 Å². The predicted octanol–water partition coefficient (Wildman–Crippen LogP) is 3.06. The molecule has 0 saturated carbocycles. The molecule has 0 aliphatic heterocycles. The third kappa shape index (κ3) is 1.54. The van der Waals surface area contributed by atoms with Crippen molar-refractivity contribution in [3.8, 4) is 6.07 Å². The Labute approximate surface area is 82.9 Å². The summed E-state index contributed by atoms with van der Waals surface area (Å²) in [5, 5.41) is 9.22. The standard InChI is InChI=1S/C10H5F3N2/c11-10(12,13)7-3-6(5-14)8-1-2-15-9(8)4-7/h1-4,15H. The number of H-pyrrole nitrogens is 1. The van der Waals surface area contributed by atoms with Gasteiger partial charge in [0, 0.05) is 17.1 Å². The lowest BCUT2D eigenvalue weighted by Gasteiger charge is -2.07. The number of alkyl halides is 3. The highest BCUT2D eigenvalue weighted by molar-refractivity contribution is 5.86. The second kappa shape index (κ2) is 3.02. The molecule has 5 heteroatoms. The van der Waals surface area contributed by atoms with Crippen molar-refractivity contribution >= 4 is 10.9 Å². The van der Waals surface area contributed by atoms with Crippen molar-refractivity contribution in [2.75, 3.05) is 0 Å². The zero-order valence-corrected chi connectivity index (χ0v) is 7.39. The molecule has 1 heterocycles. The molecule has 0 atom stereocenters. The van der Waals surface area contributed by atoms with Crippen LogP contribution < -0.4 is 0 Å². The maximum atomic E-state index is 12.4. The number of aromatic nitrogens is 1. The summed E-state index contributed by atoms with van der Waals surface area (Å²) >= 11 is 0. The lowest BCUT2D eigenvalue weighted by Crippen LogP contribution is -2.05. The van der Waals surface area contributed by atoms with Gasteiger partial charge in [0.05, 0.1) is 17.2 Å². The van der Waals surface area contributed by atoms with Gasteiger partial charge < -0.3 is 4.98 Å². The highest BCUT2D eigenvalue weighted by atomic mass is 19.4. The molecule has 0 amide bonds. The van der Waals surface area contributed by atoms with Gasteiger partial charge in [0.15, 0.2) is 0 Å². The van der Waals surface area contributed by atoms with Crippen LogP contribution in [0.1, 0.15) is 11.1 Å². The summed E-state index contributed by atoms with van der Waals surface area (Å²) in [6, 6.07) is 5.18. The predicted molar refractivity (Wildman–Crippen MR) is 48.0 cm³/mol. The number of nitrogens with one attached hydrogen (secondary N) is 1. The van der Waals surface area contributed by atoms with Crippen LogP contribution in [-0.2, 0) is 6.18 Å². The Balaban J connectivity index is 2.76. The van der Waals surface area contributed by atoms with E-state index < -0.39 is 11.7 Å². The van der Waals surface area contributed by atoms with Crippen molar-refractivity contribution in [3.05, 3.63) is 35.5 Å². The van der Waals surface area contributed by atoms with E-state index in [2.05, 4.69) is 4.98 Å². The highest BCUT2D eigenvalue weighted by Crippen LogP contribution is 2.32. The van der Waals surface area contributed by atoms with Gasteiger partial charge in [-0.25, -0.2) is 0 Å². The minimum absolute atomic E-state index is 0.0288. The zero-order valence-electron chi connectivity index (χ0n) is 7.39. The number of hydrogen-bond donors (Lipinski definition) is 1. The monoisotopic (exact) mass is 210 g/mol. The molecule has 1 N–H and O–H groups in total. The fourth-order valence-electron chi connectivity index (χ4n) is 1.42. The molecule has 1 aromatic carbocycles. The number of nitriles is 1. The maximum Gasteiger partial charge on any atom is 0.416 e. The Hall–Kier alpha value is -1.96. The van der Waals surface area contributed by atoms with E-state index in [4.69, 9.17) is 5.26 Å². The van der Waals surface area contributed by atoms with Crippen LogP contribution in [0.4, 0.5) is 13.2 Å². The van der Waals surface area contributed by atoms with Crippen molar-refractivity contribution in [1.29, 1.82) is 5.26 Å². The number of hydrogen-bond acceptors (Lipinski definition) is 1. The molecule has 1 aromatic heterocycles. The SMILES string of the molecule is N#Cc1cc(C(F)(F)F)cc2[nH]ccc12. The third-order valence-electron chi connectivity index (χ3n) is 2.12. The number of aromatic amines is 1. The Morgan fingerprint density at radius 3 is 2.60 bits per heavy atom. The largest absolute Gasteiger partial charge is 0.416 e. The first-order valence-electron chi connectivity index (χ1n) is 4.11. The summed E-state index contributed by atoms with van der Waals surface area (Å²) < 4.78 is 37.2. The molecule has 2 rings (SSSR count). The average molecular weight is 210 g/mol. The first-order valence-corrected chi connectivity index (χ1v) is 4.11. The maximum absolute atomic E-state index is 12.4. The minimum atomic E-state index is -4.43. The van der Waals surface area contributed by atoms with Gasteiger partial charge in [0.25, 0.3) is 0 Å². The molecule has 2 nitrogen and oxygen atoms in total. The molecule has 0 spiro atoms. The third-order valence-corrected chi connectivity index (χ3v) is 2.12. The van der Waals surface area contributed by atoms with Gasteiger partial charge in [-0.05, 0) is 18.2 Å². The summed E-state index contributed by atoms with van der Waals surface area (Å²) in [7, 11) is 0. The molecule has 0 unspecified atom stereocenters. The average Bonchev–Trinajstić information content (AvgIpc) is 2.62. The van der Waals surface area contributed by atoms with Gasteiger partial charge in [-0.3, -0.25) is 0 Å². The van der Waals surface area contributed by atoms with Crippen molar-refractivity contribution in [2.24, 2.45) is 0 Å². The first kappa shape index (κ1) is 9.59. The van der Waals surface area contributed by atoms with Crippen molar-refractivity contribution < 1.29 is 13.2 Å². The fraction of sp³-hybridized carbons (Fsp3) is 0.100. The van der Waals surface area contributed by atoms with Gasteiger partial charge in [0.2, 0.25) is 0 Å². The molecule has 0 radical (unpaired) electrons. The molecule has 15 heavy (non-hydrogen) atoms. The lowest BCUT2D eigenvalue weighted by atomic mass is 10.1. The second-order valence-corrected chi connectivity index (χ2v) is 3.07. The zero-order chi connectivity index (χ0) is 11.1. The molecule has 0 fully saturated rings. The molecule has 0 bridgehead atoms. The Morgan fingerprint density at radius 2 is 2.00 bits per heavy atom. The Morgan fingerprint density at radius 1 is 1.27 bits per heavy atom. The number of fused-ring (bicyclic) bond motifs is 1. The normalized spacial score (nSPS) is 11.6. The van der Waals surface area contributed by atoms with Crippen LogP contribution in [-0.4, -0.2) is 4.98 Å². The molecule has 2 aromatic rings. The van der Waals surface area contributed by atoms with E-state index in [1.54, 1.807) is 12.1 Å². The molecular formula is C10H5F3N2. The number of nitrogens with zero attached hydrogens (tertiary/aromatic N) is 1. The van der Waals surface area contributed by atoms with E-state index in [0.29, 0.717) is 10.9 Å². The minimum Gasteiger partial charge on any atom is -0.361 e.